The zero-order valence-corrected chi connectivity index (χ0v) is 22.0. The molecule has 4 aromatic rings. The number of aromatic nitrogens is 2. The van der Waals surface area contributed by atoms with Crippen molar-refractivity contribution in [2.75, 3.05) is 18.0 Å². The number of hydrogen-bond donors (Lipinski definition) is 0. The summed E-state index contributed by atoms with van der Waals surface area (Å²) in [5.41, 5.74) is 3.98. The molecule has 1 amide bonds. The molecular weight excluding hydrogens is 501 g/mol. The van der Waals surface area contributed by atoms with E-state index >= 15 is 0 Å². The number of sulfonamides is 1. The molecule has 0 spiro atoms. The van der Waals surface area contributed by atoms with E-state index in [4.69, 9.17) is 4.98 Å². The van der Waals surface area contributed by atoms with Crippen LogP contribution in [0.25, 0.3) is 10.2 Å². The van der Waals surface area contributed by atoms with Gasteiger partial charge >= 0.3 is 0 Å². The molecule has 3 aromatic heterocycles. The van der Waals surface area contributed by atoms with Crippen LogP contribution in [0.2, 0.25) is 0 Å². The number of carbonyl (C=O) groups is 1. The van der Waals surface area contributed by atoms with E-state index in [1.807, 2.05) is 32.0 Å². The number of piperidine rings is 1. The smallest absolute Gasteiger partial charge is 0.252 e. The second kappa shape index (κ2) is 9.77. The Bertz CT molecular complexity index is 1410. The quantitative estimate of drug-likeness (QED) is 0.353. The number of thiophene rings is 1. The second-order valence-electron chi connectivity index (χ2n) is 8.79. The van der Waals surface area contributed by atoms with Crippen molar-refractivity contribution in [3.05, 3.63) is 70.9 Å². The summed E-state index contributed by atoms with van der Waals surface area (Å²) in [5, 5.41) is 2.39. The molecule has 0 saturated carbocycles. The van der Waals surface area contributed by atoms with Gasteiger partial charge in [-0.15, -0.1) is 11.3 Å². The van der Waals surface area contributed by atoms with E-state index in [1.54, 1.807) is 34.8 Å². The van der Waals surface area contributed by atoms with E-state index in [2.05, 4.69) is 11.1 Å². The molecule has 1 atom stereocenters. The molecule has 0 N–H and O–H groups in total. The summed E-state index contributed by atoms with van der Waals surface area (Å²) in [6.45, 7) is 4.99. The fourth-order valence-corrected chi connectivity index (χ4v) is 8.18. The molecule has 1 aliphatic rings. The lowest BCUT2D eigenvalue weighted by molar-refractivity contribution is -0.123. The summed E-state index contributed by atoms with van der Waals surface area (Å²) in [7, 11) is -3.61. The first-order valence-corrected chi connectivity index (χ1v) is 14.6. The highest BCUT2D eigenvalue weighted by atomic mass is 32.2. The Morgan fingerprint density at radius 3 is 2.71 bits per heavy atom. The minimum Gasteiger partial charge on any atom is -0.283 e. The largest absolute Gasteiger partial charge is 0.283 e. The van der Waals surface area contributed by atoms with Gasteiger partial charge in [-0.05, 0) is 60.9 Å². The van der Waals surface area contributed by atoms with E-state index in [0.717, 1.165) is 26.9 Å². The Labute approximate surface area is 213 Å². The van der Waals surface area contributed by atoms with Crippen molar-refractivity contribution >= 4 is 54.0 Å². The number of nitrogens with zero attached hydrogens (tertiary/aromatic N) is 4. The maximum Gasteiger partial charge on any atom is 0.252 e. The Balaban J connectivity index is 1.48. The Morgan fingerprint density at radius 2 is 2.00 bits per heavy atom. The number of pyridine rings is 1. The highest BCUT2D eigenvalue weighted by molar-refractivity contribution is 7.91. The molecule has 0 bridgehead atoms. The minimum absolute atomic E-state index is 0.103. The van der Waals surface area contributed by atoms with Crippen LogP contribution >= 0.6 is 22.7 Å². The van der Waals surface area contributed by atoms with E-state index in [1.165, 1.54) is 27.0 Å². The van der Waals surface area contributed by atoms with Gasteiger partial charge in [0.15, 0.2) is 5.13 Å². The van der Waals surface area contributed by atoms with Gasteiger partial charge in [0.1, 0.15) is 4.21 Å². The topological polar surface area (TPSA) is 83.5 Å². The molecule has 7 nitrogen and oxygen atoms in total. The lowest BCUT2D eigenvalue weighted by Gasteiger charge is -2.33. The first kappa shape index (κ1) is 24.1. The first-order valence-electron chi connectivity index (χ1n) is 11.5. The summed E-state index contributed by atoms with van der Waals surface area (Å²) in [6, 6.07) is 11.2. The van der Waals surface area contributed by atoms with Crippen molar-refractivity contribution in [2.24, 2.45) is 5.92 Å². The lowest BCUT2D eigenvalue weighted by atomic mass is 9.98. The molecule has 0 radical (unpaired) electrons. The Morgan fingerprint density at radius 1 is 1.17 bits per heavy atom. The third kappa shape index (κ3) is 4.75. The van der Waals surface area contributed by atoms with Crippen LogP contribution in [0.15, 0.2) is 58.4 Å². The molecule has 35 heavy (non-hydrogen) atoms. The van der Waals surface area contributed by atoms with Crippen LogP contribution in [-0.2, 0) is 21.4 Å². The van der Waals surface area contributed by atoms with Crippen molar-refractivity contribution in [3.8, 4) is 0 Å². The van der Waals surface area contributed by atoms with E-state index in [-0.39, 0.29) is 12.5 Å². The molecular formula is C25H26N4O3S3. The summed E-state index contributed by atoms with van der Waals surface area (Å²) in [5.74, 6) is -0.543. The van der Waals surface area contributed by atoms with Gasteiger partial charge in [-0.3, -0.25) is 14.7 Å². The van der Waals surface area contributed by atoms with Gasteiger partial charge in [0.2, 0.25) is 5.91 Å². The number of carbonyl (C=O) groups excluding carboxylic acids is 1. The lowest BCUT2D eigenvalue weighted by Crippen LogP contribution is -2.46. The van der Waals surface area contributed by atoms with Crippen LogP contribution in [0.4, 0.5) is 5.13 Å². The van der Waals surface area contributed by atoms with Crippen LogP contribution in [-0.4, -0.2) is 41.7 Å². The van der Waals surface area contributed by atoms with Crippen LogP contribution in [0.5, 0.6) is 0 Å². The van der Waals surface area contributed by atoms with Gasteiger partial charge in [-0.25, -0.2) is 13.4 Å². The van der Waals surface area contributed by atoms with Crippen LogP contribution in [0.3, 0.4) is 0 Å². The highest BCUT2D eigenvalue weighted by Gasteiger charge is 2.36. The fraction of sp³-hybridized carbons (Fsp3) is 0.320. The van der Waals surface area contributed by atoms with Crippen molar-refractivity contribution in [1.29, 1.82) is 0 Å². The molecule has 1 aliphatic heterocycles. The zero-order valence-electron chi connectivity index (χ0n) is 19.5. The molecule has 1 unspecified atom stereocenters. The maximum atomic E-state index is 14.0. The average molecular weight is 527 g/mol. The predicted octanol–water partition coefficient (Wildman–Crippen LogP) is 5.00. The SMILES string of the molecule is Cc1ccc(C)c2sc(N(Cc3cccnc3)C(=O)C3CCCN(S(=O)(=O)c4cccs4)C3)nc12. The van der Waals surface area contributed by atoms with Crippen LogP contribution in [0, 0.1) is 19.8 Å². The Hall–Kier alpha value is -2.66. The normalized spacial score (nSPS) is 17.0. The number of aryl methyl sites for hydroxylation is 2. The number of rotatable bonds is 6. The number of benzene rings is 1. The molecule has 182 valence electrons. The number of thiazole rings is 1. The summed E-state index contributed by atoms with van der Waals surface area (Å²) < 4.78 is 29.1. The zero-order chi connectivity index (χ0) is 24.6. The molecule has 10 heteroatoms. The third-order valence-electron chi connectivity index (χ3n) is 6.31. The van der Waals surface area contributed by atoms with E-state index in [0.29, 0.717) is 35.3 Å². The van der Waals surface area contributed by atoms with Gasteiger partial charge in [-0.1, -0.05) is 35.6 Å². The minimum atomic E-state index is -3.61. The number of anilines is 1. The number of hydrogen-bond acceptors (Lipinski definition) is 7. The summed E-state index contributed by atoms with van der Waals surface area (Å²) in [6.07, 6.45) is 4.73. The second-order valence-corrected chi connectivity index (χ2v) is 12.9. The van der Waals surface area contributed by atoms with Crippen LogP contribution in [0.1, 0.15) is 29.5 Å². The van der Waals surface area contributed by atoms with Crippen molar-refractivity contribution < 1.29 is 13.2 Å². The summed E-state index contributed by atoms with van der Waals surface area (Å²) in [4.78, 5) is 24.7. The molecule has 1 fully saturated rings. The van der Waals surface area contributed by atoms with Gasteiger partial charge in [0.25, 0.3) is 10.0 Å². The van der Waals surface area contributed by atoms with Gasteiger partial charge in [0, 0.05) is 25.5 Å². The van der Waals surface area contributed by atoms with E-state index in [9.17, 15) is 13.2 Å². The number of fused-ring (bicyclic) bond motifs is 1. The molecule has 4 heterocycles. The third-order valence-corrected chi connectivity index (χ3v) is 10.8. The van der Waals surface area contributed by atoms with Crippen molar-refractivity contribution in [3.63, 3.8) is 0 Å². The molecule has 5 rings (SSSR count). The van der Waals surface area contributed by atoms with Crippen molar-refractivity contribution in [1.82, 2.24) is 14.3 Å². The molecule has 1 aromatic carbocycles. The van der Waals surface area contributed by atoms with Crippen molar-refractivity contribution in [2.45, 2.75) is 37.4 Å². The fourth-order valence-electron chi connectivity index (χ4n) is 4.40. The molecule has 1 saturated heterocycles. The molecule has 0 aliphatic carbocycles. The standard InChI is InChI=1S/C25H26N4O3S3/c1-17-9-10-18(2)23-22(17)27-25(34-23)29(15-19-6-3-11-26-14-19)24(30)20-7-4-12-28(16-20)35(31,32)21-8-5-13-33-21/h3,5-6,8-11,13-14,20H,4,7,12,15-16H2,1-2H3. The predicted molar refractivity (Wildman–Crippen MR) is 140 cm³/mol. The van der Waals surface area contributed by atoms with Gasteiger partial charge < -0.3 is 0 Å². The van der Waals surface area contributed by atoms with Gasteiger partial charge in [0.05, 0.1) is 22.7 Å². The first-order chi connectivity index (χ1) is 16.8. The van der Waals surface area contributed by atoms with Crippen LogP contribution < -0.4 is 4.90 Å². The Kier molecular flexibility index (Phi) is 6.71. The maximum absolute atomic E-state index is 14.0. The summed E-state index contributed by atoms with van der Waals surface area (Å²) >= 11 is 2.71. The monoisotopic (exact) mass is 526 g/mol. The van der Waals surface area contributed by atoms with Gasteiger partial charge in [-0.2, -0.15) is 4.31 Å². The van der Waals surface area contributed by atoms with E-state index < -0.39 is 15.9 Å². The number of amides is 1. The highest BCUT2D eigenvalue weighted by Crippen LogP contribution is 2.35. The average Bonchev–Trinajstić information content (AvgIpc) is 3.57.